The number of anilines is 2. The number of pyridine rings is 1. The summed E-state index contributed by atoms with van der Waals surface area (Å²) in [6, 6.07) is 4.54. The molecule has 0 saturated carbocycles. The summed E-state index contributed by atoms with van der Waals surface area (Å²) in [6.45, 7) is 2.14. The molecule has 1 aliphatic rings. The zero-order valence-corrected chi connectivity index (χ0v) is 9.35. The molecule has 1 atom stereocenters. The second-order valence-corrected chi connectivity index (χ2v) is 4.30. The van der Waals surface area contributed by atoms with Gasteiger partial charge in [-0.05, 0) is 32.6 Å². The minimum Gasteiger partial charge on any atom is -0.397 e. The summed E-state index contributed by atoms with van der Waals surface area (Å²) in [5.41, 5.74) is 6.34. The number of nitrogens with zero attached hydrogens (tertiary/aromatic N) is 3. The van der Waals surface area contributed by atoms with E-state index < -0.39 is 0 Å². The Bertz CT molecular complexity index is 320. The molecule has 0 bridgehead atoms. The molecule has 1 fully saturated rings. The normalized spacial score (nSPS) is 21.3. The van der Waals surface area contributed by atoms with Gasteiger partial charge in [-0.25, -0.2) is 4.98 Å². The summed E-state index contributed by atoms with van der Waals surface area (Å²) in [6.07, 6.45) is 2.93. The van der Waals surface area contributed by atoms with Gasteiger partial charge in [0.1, 0.15) is 5.82 Å². The fraction of sp³-hybridized carbons (Fsp3) is 0.545. The molecule has 1 aromatic rings. The number of hydrogen-bond donors (Lipinski definition) is 1. The summed E-state index contributed by atoms with van der Waals surface area (Å²) >= 11 is 0. The molecule has 2 rings (SSSR count). The molecule has 0 unspecified atom stereocenters. The van der Waals surface area contributed by atoms with E-state index in [1.165, 1.54) is 6.42 Å². The van der Waals surface area contributed by atoms with E-state index in [2.05, 4.69) is 28.9 Å². The Balaban J connectivity index is 2.04. The van der Waals surface area contributed by atoms with Crippen molar-refractivity contribution in [3.05, 3.63) is 18.3 Å². The van der Waals surface area contributed by atoms with E-state index in [9.17, 15) is 0 Å². The first-order valence-corrected chi connectivity index (χ1v) is 5.30. The lowest BCUT2D eigenvalue weighted by molar-refractivity contribution is 0.315. The number of likely N-dealkylation sites (N-methyl/N-ethyl adjacent to an activating group) is 1. The molecule has 0 spiro atoms. The Kier molecular flexibility index (Phi) is 2.77. The molecule has 82 valence electrons. The smallest absolute Gasteiger partial charge is 0.128 e. The largest absolute Gasteiger partial charge is 0.397 e. The van der Waals surface area contributed by atoms with Crippen molar-refractivity contribution in [1.82, 2.24) is 9.88 Å². The third-order valence-electron chi connectivity index (χ3n) is 2.99. The molecular weight excluding hydrogens is 188 g/mol. The van der Waals surface area contributed by atoms with E-state index in [0.717, 1.165) is 24.6 Å². The van der Waals surface area contributed by atoms with E-state index in [1.54, 1.807) is 6.20 Å². The van der Waals surface area contributed by atoms with Gasteiger partial charge in [-0.3, -0.25) is 0 Å². The lowest BCUT2D eigenvalue weighted by Crippen LogP contribution is -2.31. The fourth-order valence-corrected chi connectivity index (χ4v) is 1.96. The zero-order chi connectivity index (χ0) is 10.8. The maximum atomic E-state index is 5.61. The minimum absolute atomic E-state index is 0.643. The summed E-state index contributed by atoms with van der Waals surface area (Å²) in [5, 5.41) is 0. The molecule has 4 nitrogen and oxygen atoms in total. The highest BCUT2D eigenvalue weighted by molar-refractivity contribution is 5.46. The molecule has 2 N–H and O–H groups in total. The van der Waals surface area contributed by atoms with Crippen LogP contribution in [0.5, 0.6) is 0 Å². The van der Waals surface area contributed by atoms with Crippen LogP contribution in [0.2, 0.25) is 0 Å². The Morgan fingerprint density at radius 3 is 2.80 bits per heavy atom. The van der Waals surface area contributed by atoms with E-state index in [4.69, 9.17) is 5.73 Å². The summed E-state index contributed by atoms with van der Waals surface area (Å²) in [4.78, 5) is 8.92. The number of aromatic nitrogens is 1. The van der Waals surface area contributed by atoms with Gasteiger partial charge in [0.05, 0.1) is 11.9 Å². The van der Waals surface area contributed by atoms with Crippen LogP contribution in [0.15, 0.2) is 18.3 Å². The van der Waals surface area contributed by atoms with E-state index >= 15 is 0 Å². The van der Waals surface area contributed by atoms with Crippen LogP contribution in [-0.2, 0) is 0 Å². The maximum absolute atomic E-state index is 5.61. The van der Waals surface area contributed by atoms with Gasteiger partial charge in [0, 0.05) is 19.1 Å². The monoisotopic (exact) mass is 206 g/mol. The Hall–Kier alpha value is -1.29. The van der Waals surface area contributed by atoms with Crippen molar-refractivity contribution in [3.63, 3.8) is 0 Å². The van der Waals surface area contributed by atoms with Crippen molar-refractivity contribution >= 4 is 11.5 Å². The first-order chi connectivity index (χ1) is 7.16. The zero-order valence-electron chi connectivity index (χ0n) is 9.35. The van der Waals surface area contributed by atoms with Crippen molar-refractivity contribution in [2.45, 2.75) is 12.5 Å². The second kappa shape index (κ2) is 4.06. The molecule has 0 aliphatic carbocycles. The van der Waals surface area contributed by atoms with Gasteiger partial charge in [-0.2, -0.15) is 0 Å². The van der Waals surface area contributed by atoms with E-state index in [1.807, 2.05) is 12.1 Å². The van der Waals surface area contributed by atoms with Gasteiger partial charge >= 0.3 is 0 Å². The highest BCUT2D eigenvalue weighted by atomic mass is 15.3. The number of nitrogen functional groups attached to an aromatic ring is 1. The number of hydrogen-bond acceptors (Lipinski definition) is 4. The SMILES string of the molecule is CN(C)[C@H]1CCN(c2ccc(N)cn2)C1. The van der Waals surface area contributed by atoms with Gasteiger partial charge in [0.2, 0.25) is 0 Å². The van der Waals surface area contributed by atoms with Crippen LogP contribution in [-0.4, -0.2) is 43.1 Å². The van der Waals surface area contributed by atoms with Crippen LogP contribution in [0.3, 0.4) is 0 Å². The summed E-state index contributed by atoms with van der Waals surface area (Å²) in [7, 11) is 4.26. The van der Waals surface area contributed by atoms with Crippen LogP contribution in [0.25, 0.3) is 0 Å². The summed E-state index contributed by atoms with van der Waals surface area (Å²) in [5.74, 6) is 1.04. The quantitative estimate of drug-likeness (QED) is 0.777. The number of rotatable bonds is 2. The van der Waals surface area contributed by atoms with E-state index in [0.29, 0.717) is 6.04 Å². The van der Waals surface area contributed by atoms with Crippen molar-refractivity contribution < 1.29 is 0 Å². The van der Waals surface area contributed by atoms with Crippen LogP contribution in [0.4, 0.5) is 11.5 Å². The van der Waals surface area contributed by atoms with Crippen LogP contribution < -0.4 is 10.6 Å². The molecule has 15 heavy (non-hydrogen) atoms. The van der Waals surface area contributed by atoms with Crippen LogP contribution in [0.1, 0.15) is 6.42 Å². The minimum atomic E-state index is 0.643. The first-order valence-electron chi connectivity index (χ1n) is 5.30. The van der Waals surface area contributed by atoms with Crippen molar-refractivity contribution in [3.8, 4) is 0 Å². The molecule has 0 radical (unpaired) electrons. The predicted octanol–water partition coefficient (Wildman–Crippen LogP) is 0.804. The Morgan fingerprint density at radius 1 is 1.47 bits per heavy atom. The molecule has 1 aromatic heterocycles. The number of nitrogens with two attached hydrogens (primary N) is 1. The van der Waals surface area contributed by atoms with E-state index in [-0.39, 0.29) is 0 Å². The molecular formula is C11H18N4. The standard InChI is InChI=1S/C11H18N4/c1-14(2)10-5-6-15(8-10)11-4-3-9(12)7-13-11/h3-4,7,10H,5-6,8,12H2,1-2H3/t10-/m0/s1. The Labute approximate surface area is 90.7 Å². The van der Waals surface area contributed by atoms with Gasteiger partial charge in [0.25, 0.3) is 0 Å². The average molecular weight is 206 g/mol. The molecule has 0 aromatic carbocycles. The van der Waals surface area contributed by atoms with Crippen LogP contribution in [0, 0.1) is 0 Å². The third-order valence-corrected chi connectivity index (χ3v) is 2.99. The van der Waals surface area contributed by atoms with Gasteiger partial charge in [0.15, 0.2) is 0 Å². The van der Waals surface area contributed by atoms with Gasteiger partial charge in [-0.1, -0.05) is 0 Å². The molecule has 1 aliphatic heterocycles. The molecule has 4 heteroatoms. The second-order valence-electron chi connectivity index (χ2n) is 4.30. The highest BCUT2D eigenvalue weighted by Gasteiger charge is 2.24. The third kappa shape index (κ3) is 2.21. The van der Waals surface area contributed by atoms with Gasteiger partial charge in [-0.15, -0.1) is 0 Å². The average Bonchev–Trinajstić information content (AvgIpc) is 2.68. The summed E-state index contributed by atoms with van der Waals surface area (Å²) < 4.78 is 0. The topological polar surface area (TPSA) is 45.4 Å². The molecule has 1 saturated heterocycles. The van der Waals surface area contributed by atoms with Crippen molar-refractivity contribution in [2.24, 2.45) is 0 Å². The van der Waals surface area contributed by atoms with Crippen LogP contribution >= 0.6 is 0 Å². The maximum Gasteiger partial charge on any atom is 0.128 e. The molecule has 2 heterocycles. The van der Waals surface area contributed by atoms with Gasteiger partial charge < -0.3 is 15.5 Å². The fourth-order valence-electron chi connectivity index (χ4n) is 1.96. The molecule has 0 amide bonds. The lowest BCUT2D eigenvalue weighted by Gasteiger charge is -2.20. The predicted molar refractivity (Wildman–Crippen MR) is 63.0 cm³/mol. The van der Waals surface area contributed by atoms with Crippen molar-refractivity contribution in [2.75, 3.05) is 37.8 Å². The Morgan fingerprint density at radius 2 is 2.27 bits per heavy atom. The van der Waals surface area contributed by atoms with Crippen molar-refractivity contribution in [1.29, 1.82) is 0 Å². The highest BCUT2D eigenvalue weighted by Crippen LogP contribution is 2.20. The first kappa shape index (κ1) is 10.2. The lowest BCUT2D eigenvalue weighted by atomic mass is 10.2.